The molecule has 0 spiro atoms. The predicted molar refractivity (Wildman–Crippen MR) is 106 cm³/mol. The summed E-state index contributed by atoms with van der Waals surface area (Å²) in [6, 6.07) is 18.5. The summed E-state index contributed by atoms with van der Waals surface area (Å²) < 4.78 is 6.49. The van der Waals surface area contributed by atoms with Crippen molar-refractivity contribution in [2.45, 2.75) is 13.0 Å². The van der Waals surface area contributed by atoms with E-state index >= 15 is 0 Å². The fourth-order valence-electron chi connectivity index (χ4n) is 2.38. The fourth-order valence-corrected chi connectivity index (χ4v) is 2.76. The third-order valence-electron chi connectivity index (χ3n) is 3.77. The van der Waals surface area contributed by atoms with Crippen molar-refractivity contribution in [3.05, 3.63) is 70.7 Å². The van der Waals surface area contributed by atoms with Gasteiger partial charge < -0.3 is 9.84 Å². The number of carbonyl (C=O) groups is 1. The maximum absolute atomic E-state index is 12.1. The largest absolute Gasteiger partial charge is 0.507 e. The maximum Gasteiger partial charge on any atom is 0.280 e. The van der Waals surface area contributed by atoms with Crippen LogP contribution in [0.5, 0.6) is 11.5 Å². The Balaban J connectivity index is 1.61. The van der Waals surface area contributed by atoms with E-state index in [9.17, 15) is 9.90 Å². The molecule has 6 heteroatoms. The van der Waals surface area contributed by atoms with Gasteiger partial charge in [-0.2, -0.15) is 5.10 Å². The Morgan fingerprint density at radius 3 is 2.73 bits per heavy atom. The van der Waals surface area contributed by atoms with Crippen LogP contribution < -0.4 is 10.2 Å². The molecule has 3 aromatic carbocycles. The molecule has 0 aliphatic heterocycles. The van der Waals surface area contributed by atoms with E-state index in [1.165, 1.54) is 6.21 Å². The van der Waals surface area contributed by atoms with Crippen LogP contribution in [0.25, 0.3) is 10.8 Å². The molecule has 3 rings (SSSR count). The van der Waals surface area contributed by atoms with Crippen molar-refractivity contribution >= 4 is 38.8 Å². The number of benzene rings is 3. The number of nitrogens with one attached hydrogen (secondary N) is 1. The quantitative estimate of drug-likeness (QED) is 0.486. The number of aromatic hydroxyl groups is 1. The third kappa shape index (κ3) is 4.40. The number of ether oxygens (including phenoxy) is 1. The van der Waals surface area contributed by atoms with Crippen LogP contribution in [0.3, 0.4) is 0 Å². The number of hydrogen-bond acceptors (Lipinski definition) is 4. The van der Waals surface area contributed by atoms with Gasteiger partial charge in [0.05, 0.1) is 6.21 Å². The lowest BCUT2D eigenvalue weighted by atomic mass is 10.1. The summed E-state index contributed by atoms with van der Waals surface area (Å²) >= 11 is 3.31. The maximum atomic E-state index is 12.1. The molecule has 26 heavy (non-hydrogen) atoms. The minimum atomic E-state index is -0.718. The number of phenols is 1. The Morgan fingerprint density at radius 2 is 1.92 bits per heavy atom. The lowest BCUT2D eigenvalue weighted by Crippen LogP contribution is -2.33. The van der Waals surface area contributed by atoms with Crippen LogP contribution in [0, 0.1) is 0 Å². The summed E-state index contributed by atoms with van der Waals surface area (Å²) in [6.45, 7) is 1.65. The topological polar surface area (TPSA) is 70.9 Å². The minimum Gasteiger partial charge on any atom is -0.507 e. The van der Waals surface area contributed by atoms with Crippen molar-refractivity contribution in [1.29, 1.82) is 0 Å². The highest BCUT2D eigenvalue weighted by Gasteiger charge is 2.14. The highest BCUT2D eigenvalue weighted by atomic mass is 79.9. The number of hydrogen-bond donors (Lipinski definition) is 2. The second-order valence-electron chi connectivity index (χ2n) is 5.71. The normalized spacial score (nSPS) is 12.2. The molecule has 0 radical (unpaired) electrons. The van der Waals surface area contributed by atoms with Crippen molar-refractivity contribution in [3.8, 4) is 11.5 Å². The molecule has 132 valence electrons. The summed E-state index contributed by atoms with van der Waals surface area (Å²) in [7, 11) is 0. The van der Waals surface area contributed by atoms with E-state index in [1.807, 2.05) is 42.5 Å². The van der Waals surface area contributed by atoms with E-state index in [2.05, 4.69) is 26.5 Å². The monoisotopic (exact) mass is 412 g/mol. The molecular weight excluding hydrogens is 396 g/mol. The van der Waals surface area contributed by atoms with Gasteiger partial charge in [0.1, 0.15) is 11.5 Å². The Kier molecular flexibility index (Phi) is 5.53. The van der Waals surface area contributed by atoms with Gasteiger partial charge in [-0.3, -0.25) is 4.79 Å². The number of halogens is 1. The Bertz CT molecular complexity index is 972. The number of amides is 1. The molecule has 0 saturated heterocycles. The number of fused-ring (bicyclic) bond motifs is 1. The van der Waals surface area contributed by atoms with Crippen LogP contribution in [0.2, 0.25) is 0 Å². The van der Waals surface area contributed by atoms with Crippen molar-refractivity contribution in [3.63, 3.8) is 0 Å². The molecule has 0 saturated carbocycles. The van der Waals surface area contributed by atoms with E-state index in [1.54, 1.807) is 25.1 Å². The zero-order chi connectivity index (χ0) is 18.5. The second kappa shape index (κ2) is 8.01. The Hall–Kier alpha value is -2.86. The highest BCUT2D eigenvalue weighted by molar-refractivity contribution is 9.10. The summed E-state index contributed by atoms with van der Waals surface area (Å²) in [5.41, 5.74) is 2.90. The van der Waals surface area contributed by atoms with Gasteiger partial charge in [-0.15, -0.1) is 0 Å². The standard InChI is InChI=1S/C20H17BrN2O3/c1-13(26-18-8-6-14-4-2-3-5-15(14)11-18)20(25)23-22-12-16-10-17(21)7-9-19(16)24/h2-13,24H,1H3,(H,23,25). The molecule has 1 unspecified atom stereocenters. The first-order chi connectivity index (χ1) is 12.5. The first-order valence-electron chi connectivity index (χ1n) is 8.00. The molecule has 0 heterocycles. The van der Waals surface area contributed by atoms with E-state index < -0.39 is 6.10 Å². The van der Waals surface area contributed by atoms with Gasteiger partial charge in [-0.05, 0) is 48.0 Å². The molecule has 2 N–H and O–H groups in total. The fraction of sp³-hybridized carbons (Fsp3) is 0.100. The van der Waals surface area contributed by atoms with Gasteiger partial charge in [0.25, 0.3) is 5.91 Å². The molecule has 3 aromatic rings. The number of rotatable bonds is 5. The SMILES string of the molecule is CC(Oc1ccc2ccccc2c1)C(=O)NN=Cc1cc(Br)ccc1O. The van der Waals surface area contributed by atoms with E-state index in [0.29, 0.717) is 11.3 Å². The number of nitrogens with zero attached hydrogens (tertiary/aromatic N) is 1. The zero-order valence-corrected chi connectivity index (χ0v) is 15.6. The lowest BCUT2D eigenvalue weighted by Gasteiger charge is -2.13. The Labute approximate surface area is 159 Å². The van der Waals surface area contributed by atoms with Crippen LogP contribution in [-0.4, -0.2) is 23.3 Å². The molecule has 0 aromatic heterocycles. The molecule has 1 atom stereocenters. The molecule has 0 bridgehead atoms. The van der Waals surface area contributed by atoms with Crippen LogP contribution in [0.15, 0.2) is 70.2 Å². The van der Waals surface area contributed by atoms with Crippen molar-refractivity contribution < 1.29 is 14.6 Å². The van der Waals surface area contributed by atoms with E-state index in [0.717, 1.165) is 15.2 Å². The Morgan fingerprint density at radius 1 is 1.15 bits per heavy atom. The van der Waals surface area contributed by atoms with Crippen molar-refractivity contribution in [2.24, 2.45) is 5.10 Å². The average molecular weight is 413 g/mol. The first-order valence-corrected chi connectivity index (χ1v) is 8.79. The van der Waals surface area contributed by atoms with Gasteiger partial charge in [0.2, 0.25) is 0 Å². The molecular formula is C20H17BrN2O3. The summed E-state index contributed by atoms with van der Waals surface area (Å²) in [5.74, 6) is 0.301. The van der Waals surface area contributed by atoms with Crippen LogP contribution in [0.1, 0.15) is 12.5 Å². The lowest BCUT2D eigenvalue weighted by molar-refractivity contribution is -0.127. The highest BCUT2D eigenvalue weighted by Crippen LogP contribution is 2.22. The number of phenolic OH excluding ortho intramolecular Hbond substituents is 1. The zero-order valence-electron chi connectivity index (χ0n) is 14.0. The molecule has 5 nitrogen and oxygen atoms in total. The molecule has 0 fully saturated rings. The van der Waals surface area contributed by atoms with Gasteiger partial charge in [0, 0.05) is 10.0 Å². The second-order valence-corrected chi connectivity index (χ2v) is 6.62. The summed E-state index contributed by atoms with van der Waals surface area (Å²) in [5, 5.41) is 15.8. The summed E-state index contributed by atoms with van der Waals surface area (Å²) in [4.78, 5) is 12.1. The van der Waals surface area contributed by atoms with E-state index in [4.69, 9.17) is 4.74 Å². The molecule has 0 aliphatic rings. The van der Waals surface area contributed by atoms with Crippen molar-refractivity contribution in [1.82, 2.24) is 5.43 Å². The van der Waals surface area contributed by atoms with Gasteiger partial charge in [-0.25, -0.2) is 5.43 Å². The van der Waals surface area contributed by atoms with Crippen molar-refractivity contribution in [2.75, 3.05) is 0 Å². The van der Waals surface area contributed by atoms with Gasteiger partial charge in [0.15, 0.2) is 6.10 Å². The third-order valence-corrected chi connectivity index (χ3v) is 4.26. The molecule has 1 amide bonds. The van der Waals surface area contributed by atoms with Gasteiger partial charge in [-0.1, -0.05) is 46.3 Å². The number of hydrazone groups is 1. The van der Waals surface area contributed by atoms with Crippen LogP contribution >= 0.6 is 15.9 Å². The summed E-state index contributed by atoms with van der Waals surface area (Å²) in [6.07, 6.45) is 0.658. The number of carbonyl (C=O) groups excluding carboxylic acids is 1. The average Bonchev–Trinajstić information content (AvgIpc) is 2.64. The van der Waals surface area contributed by atoms with Crippen LogP contribution in [-0.2, 0) is 4.79 Å². The smallest absolute Gasteiger partial charge is 0.280 e. The minimum absolute atomic E-state index is 0.0756. The van der Waals surface area contributed by atoms with Crippen LogP contribution in [0.4, 0.5) is 0 Å². The van der Waals surface area contributed by atoms with Gasteiger partial charge >= 0.3 is 0 Å². The van der Waals surface area contributed by atoms with E-state index in [-0.39, 0.29) is 11.7 Å². The predicted octanol–water partition coefficient (Wildman–Crippen LogP) is 4.23. The molecule has 0 aliphatic carbocycles. The first kappa shape index (κ1) is 17.9.